The number of carbonyl (C=O) groups excluding carboxylic acids is 1. The molecule has 2 aromatic rings. The average Bonchev–Trinajstić information content (AvgIpc) is 2.40. The molecule has 2 rings (SSSR count). The van der Waals surface area contributed by atoms with E-state index in [0.717, 1.165) is 5.56 Å². The van der Waals surface area contributed by atoms with Crippen LogP contribution in [0.1, 0.15) is 28.9 Å². The van der Waals surface area contributed by atoms with Gasteiger partial charge in [-0.15, -0.1) is 0 Å². The quantitative estimate of drug-likeness (QED) is 0.790. The molecule has 0 aliphatic carbocycles. The number of rotatable bonds is 3. The molecule has 2 aromatic carbocycles. The number of benzene rings is 2. The van der Waals surface area contributed by atoms with Crippen molar-refractivity contribution in [3.63, 3.8) is 0 Å². The molecule has 0 aliphatic rings. The third kappa shape index (κ3) is 3.33. The van der Waals surface area contributed by atoms with Crippen molar-refractivity contribution in [2.45, 2.75) is 13.0 Å². The van der Waals surface area contributed by atoms with Crippen LogP contribution in [0, 0.1) is 0 Å². The zero-order valence-electron chi connectivity index (χ0n) is 10.6. The number of hydrogen-bond acceptors (Lipinski definition) is 3. The smallest absolute Gasteiger partial charge is 0.255 e. The lowest BCUT2D eigenvalue weighted by Crippen LogP contribution is -2.12. The van der Waals surface area contributed by atoms with Crippen molar-refractivity contribution in [3.8, 4) is 5.75 Å². The molecule has 0 spiro atoms. The predicted octanol–water partition coefficient (Wildman–Crippen LogP) is 2.66. The first-order valence-corrected chi connectivity index (χ1v) is 6.02. The molecule has 4 N–H and O–H groups in total. The molecule has 0 aliphatic heterocycles. The fourth-order valence-corrected chi connectivity index (χ4v) is 1.69. The van der Waals surface area contributed by atoms with Crippen LogP contribution >= 0.6 is 0 Å². The molecule has 19 heavy (non-hydrogen) atoms. The largest absolute Gasteiger partial charge is 0.508 e. The van der Waals surface area contributed by atoms with Crippen molar-refractivity contribution in [3.05, 3.63) is 59.7 Å². The highest BCUT2D eigenvalue weighted by molar-refractivity contribution is 6.04. The van der Waals surface area contributed by atoms with Crippen LogP contribution in [0.2, 0.25) is 0 Å². The Morgan fingerprint density at radius 3 is 2.21 bits per heavy atom. The van der Waals surface area contributed by atoms with Gasteiger partial charge in [-0.3, -0.25) is 4.79 Å². The van der Waals surface area contributed by atoms with E-state index in [9.17, 15) is 4.79 Å². The maximum atomic E-state index is 11.9. The standard InChI is InChI=1S/C15H16N2O2/c1-10(16)11-2-6-13(7-3-11)17-15(19)12-4-8-14(18)9-5-12/h2-10,18H,16H2,1H3,(H,17,19). The van der Waals surface area contributed by atoms with Crippen molar-refractivity contribution in [1.82, 2.24) is 0 Å². The first-order chi connectivity index (χ1) is 9.06. The molecule has 1 atom stereocenters. The number of phenols is 1. The summed E-state index contributed by atoms with van der Waals surface area (Å²) in [5.74, 6) is -0.0774. The van der Waals surface area contributed by atoms with Crippen molar-refractivity contribution in [1.29, 1.82) is 0 Å². The molecule has 0 saturated heterocycles. The van der Waals surface area contributed by atoms with E-state index in [1.807, 2.05) is 31.2 Å². The lowest BCUT2D eigenvalue weighted by Gasteiger charge is -2.08. The third-order valence-corrected chi connectivity index (χ3v) is 2.82. The zero-order chi connectivity index (χ0) is 13.8. The number of anilines is 1. The normalized spacial score (nSPS) is 11.9. The van der Waals surface area contributed by atoms with E-state index in [0.29, 0.717) is 11.3 Å². The summed E-state index contributed by atoms with van der Waals surface area (Å²) in [6, 6.07) is 13.5. The molecule has 1 unspecified atom stereocenters. The number of nitrogens with one attached hydrogen (secondary N) is 1. The van der Waals surface area contributed by atoms with Gasteiger partial charge in [-0.1, -0.05) is 12.1 Å². The van der Waals surface area contributed by atoms with E-state index in [2.05, 4.69) is 5.32 Å². The van der Waals surface area contributed by atoms with Gasteiger partial charge in [0.05, 0.1) is 0 Å². The molecule has 1 amide bonds. The maximum absolute atomic E-state index is 11.9. The van der Waals surface area contributed by atoms with Crippen LogP contribution in [0.15, 0.2) is 48.5 Å². The van der Waals surface area contributed by atoms with E-state index >= 15 is 0 Å². The summed E-state index contributed by atoms with van der Waals surface area (Å²) in [5.41, 5.74) is 7.98. The molecule has 0 fully saturated rings. The van der Waals surface area contributed by atoms with Gasteiger partial charge in [-0.2, -0.15) is 0 Å². The maximum Gasteiger partial charge on any atom is 0.255 e. The van der Waals surface area contributed by atoms with E-state index in [1.54, 1.807) is 12.1 Å². The van der Waals surface area contributed by atoms with Gasteiger partial charge in [0, 0.05) is 17.3 Å². The van der Waals surface area contributed by atoms with Crippen molar-refractivity contribution >= 4 is 11.6 Å². The van der Waals surface area contributed by atoms with E-state index in [1.165, 1.54) is 12.1 Å². The summed E-state index contributed by atoms with van der Waals surface area (Å²) < 4.78 is 0. The Labute approximate surface area is 111 Å². The van der Waals surface area contributed by atoms with Crippen LogP contribution in [0.25, 0.3) is 0 Å². The topological polar surface area (TPSA) is 75.3 Å². The summed E-state index contributed by atoms with van der Waals surface area (Å²) >= 11 is 0. The minimum absolute atomic E-state index is 0.0261. The Bertz CT molecular complexity index is 560. The van der Waals surface area contributed by atoms with Crippen LogP contribution in [-0.4, -0.2) is 11.0 Å². The van der Waals surface area contributed by atoms with Crippen LogP contribution in [0.3, 0.4) is 0 Å². The number of nitrogens with two attached hydrogens (primary N) is 1. The first-order valence-electron chi connectivity index (χ1n) is 6.02. The Morgan fingerprint density at radius 1 is 1.11 bits per heavy atom. The van der Waals surface area contributed by atoms with Gasteiger partial charge in [0.25, 0.3) is 5.91 Å². The first kappa shape index (κ1) is 13.1. The van der Waals surface area contributed by atoms with Crippen molar-refractivity contribution < 1.29 is 9.90 Å². The van der Waals surface area contributed by atoms with Gasteiger partial charge >= 0.3 is 0 Å². The van der Waals surface area contributed by atoms with E-state index < -0.39 is 0 Å². The zero-order valence-corrected chi connectivity index (χ0v) is 10.6. The van der Waals surface area contributed by atoms with Gasteiger partial charge in [0.1, 0.15) is 5.75 Å². The predicted molar refractivity (Wildman–Crippen MR) is 75.1 cm³/mol. The lowest BCUT2D eigenvalue weighted by atomic mass is 10.1. The van der Waals surface area contributed by atoms with Gasteiger partial charge in [0.2, 0.25) is 0 Å². The third-order valence-electron chi connectivity index (χ3n) is 2.82. The lowest BCUT2D eigenvalue weighted by molar-refractivity contribution is 0.102. The second-order valence-electron chi connectivity index (χ2n) is 4.41. The molecular weight excluding hydrogens is 240 g/mol. The van der Waals surface area contributed by atoms with Crippen LogP contribution in [0.4, 0.5) is 5.69 Å². The summed E-state index contributed by atoms with van der Waals surface area (Å²) in [6.45, 7) is 1.91. The van der Waals surface area contributed by atoms with Gasteiger partial charge in [0.15, 0.2) is 0 Å². The van der Waals surface area contributed by atoms with Crippen LogP contribution in [-0.2, 0) is 0 Å². The molecule has 4 nitrogen and oxygen atoms in total. The minimum atomic E-state index is -0.214. The van der Waals surface area contributed by atoms with Gasteiger partial charge in [-0.05, 0) is 48.9 Å². The summed E-state index contributed by atoms with van der Waals surface area (Å²) in [5, 5.41) is 11.9. The minimum Gasteiger partial charge on any atom is -0.508 e. The fourth-order valence-electron chi connectivity index (χ4n) is 1.69. The van der Waals surface area contributed by atoms with Gasteiger partial charge in [-0.25, -0.2) is 0 Å². The highest BCUT2D eigenvalue weighted by Gasteiger charge is 2.06. The van der Waals surface area contributed by atoms with Crippen LogP contribution in [0.5, 0.6) is 5.75 Å². The second kappa shape index (κ2) is 5.54. The second-order valence-corrected chi connectivity index (χ2v) is 4.41. The number of carbonyl (C=O) groups is 1. The Balaban J connectivity index is 2.08. The van der Waals surface area contributed by atoms with E-state index in [-0.39, 0.29) is 17.7 Å². The van der Waals surface area contributed by atoms with E-state index in [4.69, 9.17) is 10.8 Å². The monoisotopic (exact) mass is 256 g/mol. The number of phenolic OH excluding ortho intramolecular Hbond substituents is 1. The van der Waals surface area contributed by atoms with Crippen LogP contribution < -0.4 is 11.1 Å². The Kier molecular flexibility index (Phi) is 3.82. The summed E-state index contributed by atoms with van der Waals surface area (Å²) in [4.78, 5) is 11.9. The molecular formula is C15H16N2O2. The van der Waals surface area contributed by atoms with Crippen molar-refractivity contribution in [2.75, 3.05) is 5.32 Å². The number of hydrogen-bond donors (Lipinski definition) is 3. The van der Waals surface area contributed by atoms with Crippen molar-refractivity contribution in [2.24, 2.45) is 5.73 Å². The highest BCUT2D eigenvalue weighted by Crippen LogP contribution is 2.16. The molecule has 0 heterocycles. The molecule has 0 saturated carbocycles. The number of amides is 1. The molecule has 98 valence electrons. The van der Waals surface area contributed by atoms with Gasteiger partial charge < -0.3 is 16.2 Å². The summed E-state index contributed by atoms with van der Waals surface area (Å²) in [7, 11) is 0. The fraction of sp³-hybridized carbons (Fsp3) is 0.133. The molecule has 0 aromatic heterocycles. The average molecular weight is 256 g/mol. The number of aromatic hydroxyl groups is 1. The molecule has 0 radical (unpaired) electrons. The highest BCUT2D eigenvalue weighted by atomic mass is 16.3. The molecule has 0 bridgehead atoms. The molecule has 4 heteroatoms. The Morgan fingerprint density at radius 2 is 1.68 bits per heavy atom. The summed E-state index contributed by atoms with van der Waals surface area (Å²) in [6.07, 6.45) is 0. The SMILES string of the molecule is CC(N)c1ccc(NC(=O)c2ccc(O)cc2)cc1. The Hall–Kier alpha value is -2.33.